The predicted molar refractivity (Wildman–Crippen MR) is 133 cm³/mol. The fourth-order valence-electron chi connectivity index (χ4n) is 3.51. The monoisotopic (exact) mass is 477 g/mol. The van der Waals surface area contributed by atoms with Gasteiger partial charge in [-0.2, -0.15) is 0 Å². The third-order valence-corrected chi connectivity index (χ3v) is 5.14. The van der Waals surface area contributed by atoms with Gasteiger partial charge in [-0.3, -0.25) is 9.59 Å². The number of phenols is 1. The molecule has 0 aromatic heterocycles. The fraction of sp³-hybridized carbons (Fsp3) is 0.654. The molecule has 0 aliphatic rings. The number of hydrogen-bond donors (Lipinski definition) is 3. The summed E-state index contributed by atoms with van der Waals surface area (Å²) in [4.78, 5) is 41.4. The average Bonchev–Trinajstić information content (AvgIpc) is 2.68. The minimum Gasteiger partial charge on any atom is -0.508 e. The van der Waals surface area contributed by atoms with E-state index >= 15 is 0 Å². The number of amides is 3. The summed E-state index contributed by atoms with van der Waals surface area (Å²) in [6.45, 7) is 16.9. The summed E-state index contributed by atoms with van der Waals surface area (Å²) in [5.74, 6) is -0.935. The van der Waals surface area contributed by atoms with Gasteiger partial charge in [0.25, 0.3) is 0 Å². The largest absolute Gasteiger partial charge is 0.508 e. The van der Waals surface area contributed by atoms with Crippen molar-refractivity contribution in [1.82, 2.24) is 15.5 Å². The van der Waals surface area contributed by atoms with E-state index in [-0.39, 0.29) is 23.5 Å². The Morgan fingerprint density at radius 1 is 1.09 bits per heavy atom. The maximum absolute atomic E-state index is 13.9. The molecule has 3 amide bonds. The van der Waals surface area contributed by atoms with E-state index in [1.165, 1.54) is 17.0 Å². The normalized spacial score (nSPS) is 14.5. The molecule has 3 atom stereocenters. The molecule has 0 fully saturated rings. The van der Waals surface area contributed by atoms with Crippen molar-refractivity contribution in [3.63, 3.8) is 0 Å². The second-order valence-electron chi connectivity index (χ2n) is 10.8. The van der Waals surface area contributed by atoms with Crippen LogP contribution >= 0.6 is 0 Å². The van der Waals surface area contributed by atoms with Crippen LogP contribution < -0.4 is 10.6 Å². The zero-order chi connectivity index (χ0) is 26.3. The molecule has 192 valence electrons. The van der Waals surface area contributed by atoms with E-state index in [0.717, 1.165) is 0 Å². The summed E-state index contributed by atoms with van der Waals surface area (Å²) >= 11 is 0. The summed E-state index contributed by atoms with van der Waals surface area (Å²) < 4.78 is 5.39. The molecule has 3 unspecified atom stereocenters. The number of carbonyl (C=O) groups excluding carboxylic acids is 3. The van der Waals surface area contributed by atoms with Crippen molar-refractivity contribution < 1.29 is 24.2 Å². The minimum atomic E-state index is -0.981. The first-order valence-electron chi connectivity index (χ1n) is 12.0. The van der Waals surface area contributed by atoms with Crippen LogP contribution in [0.2, 0.25) is 0 Å². The number of alkyl carbamates (subject to hydrolysis) is 1. The highest BCUT2D eigenvalue weighted by atomic mass is 16.6. The van der Waals surface area contributed by atoms with E-state index in [1.54, 1.807) is 32.9 Å². The predicted octanol–water partition coefficient (Wildman–Crippen LogP) is 4.53. The van der Waals surface area contributed by atoms with E-state index in [0.29, 0.717) is 24.9 Å². The fourth-order valence-corrected chi connectivity index (χ4v) is 3.51. The Morgan fingerprint density at radius 2 is 1.71 bits per heavy atom. The molecular weight excluding hydrogens is 434 g/mol. The van der Waals surface area contributed by atoms with Crippen molar-refractivity contribution in [2.75, 3.05) is 6.54 Å². The minimum absolute atomic E-state index is 0.000289. The summed E-state index contributed by atoms with van der Waals surface area (Å²) in [5, 5.41) is 15.8. The van der Waals surface area contributed by atoms with Crippen LogP contribution in [0, 0.1) is 5.92 Å². The summed E-state index contributed by atoms with van der Waals surface area (Å²) in [6.07, 6.45) is 0.552. The highest BCUT2D eigenvalue weighted by Gasteiger charge is 2.38. The molecule has 0 saturated heterocycles. The molecule has 1 aromatic rings. The molecule has 8 heteroatoms. The number of carbonyl (C=O) groups is 3. The number of benzene rings is 1. The van der Waals surface area contributed by atoms with Crippen LogP contribution in [0.3, 0.4) is 0 Å². The highest BCUT2D eigenvalue weighted by Crippen LogP contribution is 2.27. The molecule has 0 aliphatic heterocycles. The van der Waals surface area contributed by atoms with Gasteiger partial charge in [0, 0.05) is 12.1 Å². The lowest BCUT2D eigenvalue weighted by Gasteiger charge is -2.37. The van der Waals surface area contributed by atoms with Crippen molar-refractivity contribution in [2.45, 2.75) is 98.4 Å². The van der Waals surface area contributed by atoms with Crippen molar-refractivity contribution in [1.29, 1.82) is 0 Å². The van der Waals surface area contributed by atoms with Crippen LogP contribution in [0.5, 0.6) is 5.75 Å². The van der Waals surface area contributed by atoms with Crippen LogP contribution in [0.25, 0.3) is 0 Å². The van der Waals surface area contributed by atoms with Gasteiger partial charge < -0.3 is 25.4 Å². The molecule has 0 heterocycles. The Morgan fingerprint density at radius 3 is 2.18 bits per heavy atom. The Labute approximate surface area is 204 Å². The van der Waals surface area contributed by atoms with Crippen molar-refractivity contribution in [3.8, 4) is 5.75 Å². The molecule has 0 aliphatic carbocycles. The number of hydrogen-bond acceptors (Lipinski definition) is 5. The number of aromatic hydroxyl groups is 1. The molecule has 0 bridgehead atoms. The summed E-state index contributed by atoms with van der Waals surface area (Å²) in [5.41, 5.74) is -0.756. The lowest BCUT2D eigenvalue weighted by atomic mass is 9.95. The number of nitrogens with zero attached hydrogens (tertiary/aromatic N) is 1. The number of ether oxygens (including phenoxy) is 1. The SMILES string of the molecule is CCCN(C(=O)C(NC(=O)OC(C)(C)C)C(C)CC)C(C(=O)NC(C)(C)C)c1cccc(O)c1. The van der Waals surface area contributed by atoms with Crippen LogP contribution in [-0.2, 0) is 14.3 Å². The standard InChI is InChI=1S/C26H43N3O5/c1-10-15-29(23(32)20(17(3)11-2)27-24(33)34-26(7,8)9)21(22(31)28-25(4,5)6)18-13-12-14-19(30)16-18/h12-14,16-17,20-21,30H,10-11,15H2,1-9H3,(H,27,33)(H,28,31). The molecular formula is C26H43N3O5. The summed E-state index contributed by atoms with van der Waals surface area (Å²) in [6, 6.07) is 4.49. The van der Waals surface area contributed by atoms with E-state index in [2.05, 4.69) is 10.6 Å². The number of phenolic OH excluding ortho intramolecular Hbond substituents is 1. The first kappa shape index (κ1) is 29.3. The second kappa shape index (κ2) is 12.1. The Bertz CT molecular complexity index is 842. The third-order valence-electron chi connectivity index (χ3n) is 5.14. The molecule has 34 heavy (non-hydrogen) atoms. The molecule has 0 radical (unpaired) electrons. The van der Waals surface area contributed by atoms with Gasteiger partial charge in [0.2, 0.25) is 11.8 Å². The Balaban J connectivity index is 3.48. The molecule has 1 rings (SSSR count). The van der Waals surface area contributed by atoms with E-state index in [4.69, 9.17) is 4.74 Å². The highest BCUT2D eigenvalue weighted by molar-refractivity contribution is 5.92. The first-order valence-corrected chi connectivity index (χ1v) is 12.0. The zero-order valence-electron chi connectivity index (χ0n) is 22.2. The lowest BCUT2D eigenvalue weighted by Crippen LogP contribution is -2.56. The van der Waals surface area contributed by atoms with E-state index in [9.17, 15) is 19.5 Å². The molecule has 8 nitrogen and oxygen atoms in total. The van der Waals surface area contributed by atoms with Crippen LogP contribution in [-0.4, -0.2) is 51.6 Å². The van der Waals surface area contributed by atoms with Gasteiger partial charge in [-0.05, 0) is 71.6 Å². The Hall–Kier alpha value is -2.77. The maximum Gasteiger partial charge on any atom is 0.408 e. The third kappa shape index (κ3) is 9.23. The van der Waals surface area contributed by atoms with Crippen molar-refractivity contribution in [3.05, 3.63) is 29.8 Å². The van der Waals surface area contributed by atoms with E-state index in [1.807, 2.05) is 41.5 Å². The first-order chi connectivity index (χ1) is 15.6. The average molecular weight is 478 g/mol. The second-order valence-corrected chi connectivity index (χ2v) is 10.8. The molecule has 3 N–H and O–H groups in total. The number of rotatable bonds is 9. The van der Waals surface area contributed by atoms with Gasteiger partial charge in [0.1, 0.15) is 23.4 Å². The van der Waals surface area contributed by atoms with Gasteiger partial charge in [-0.1, -0.05) is 39.3 Å². The quantitative estimate of drug-likeness (QED) is 0.484. The van der Waals surface area contributed by atoms with E-state index < -0.39 is 29.3 Å². The van der Waals surface area contributed by atoms with Crippen molar-refractivity contribution >= 4 is 17.9 Å². The van der Waals surface area contributed by atoms with Gasteiger partial charge in [-0.15, -0.1) is 0 Å². The molecule has 0 saturated carbocycles. The van der Waals surface area contributed by atoms with Crippen molar-refractivity contribution in [2.24, 2.45) is 5.92 Å². The van der Waals surface area contributed by atoms with Gasteiger partial charge in [0.05, 0.1) is 0 Å². The van der Waals surface area contributed by atoms with Crippen LogP contribution in [0.1, 0.15) is 86.8 Å². The van der Waals surface area contributed by atoms with Gasteiger partial charge in [0.15, 0.2) is 0 Å². The van der Waals surface area contributed by atoms with Gasteiger partial charge in [-0.25, -0.2) is 4.79 Å². The molecule has 1 aromatic carbocycles. The number of nitrogens with one attached hydrogen (secondary N) is 2. The van der Waals surface area contributed by atoms with Crippen LogP contribution in [0.4, 0.5) is 4.79 Å². The molecule has 0 spiro atoms. The zero-order valence-corrected chi connectivity index (χ0v) is 22.2. The Kier molecular flexibility index (Phi) is 10.4. The van der Waals surface area contributed by atoms with Crippen LogP contribution in [0.15, 0.2) is 24.3 Å². The lowest BCUT2D eigenvalue weighted by molar-refractivity contribution is -0.144. The summed E-state index contributed by atoms with van der Waals surface area (Å²) in [7, 11) is 0. The smallest absolute Gasteiger partial charge is 0.408 e. The maximum atomic E-state index is 13.9. The topological polar surface area (TPSA) is 108 Å². The van der Waals surface area contributed by atoms with Gasteiger partial charge >= 0.3 is 6.09 Å².